The zero-order chi connectivity index (χ0) is 8.97. The number of benzene rings is 1. The van der Waals surface area contributed by atoms with E-state index < -0.39 is 11.6 Å². The van der Waals surface area contributed by atoms with Gasteiger partial charge >= 0.3 is 0 Å². The quantitative estimate of drug-likeness (QED) is 0.687. The smallest absolute Gasteiger partial charge is 0.159 e. The second-order valence-electron chi connectivity index (χ2n) is 2.23. The molecule has 0 spiro atoms. The maximum Gasteiger partial charge on any atom is 0.159 e. The first-order valence-electron chi connectivity index (χ1n) is 3.41. The molecular weight excluding hydrogens is 226 g/mol. The molecule has 0 unspecified atom stereocenters. The van der Waals surface area contributed by atoms with E-state index in [0.717, 1.165) is 12.1 Å². The van der Waals surface area contributed by atoms with Crippen molar-refractivity contribution in [2.45, 2.75) is 0 Å². The molecule has 0 atom stereocenters. The molecule has 3 heteroatoms. The van der Waals surface area contributed by atoms with Crippen LogP contribution in [0.1, 0.15) is 5.56 Å². The molecular formula is C9H7BrF2. The van der Waals surface area contributed by atoms with Gasteiger partial charge in [-0.25, -0.2) is 8.78 Å². The van der Waals surface area contributed by atoms with E-state index in [0.29, 0.717) is 10.9 Å². The minimum Gasteiger partial charge on any atom is -0.204 e. The monoisotopic (exact) mass is 232 g/mol. The number of halogens is 3. The summed E-state index contributed by atoms with van der Waals surface area (Å²) in [5, 5.41) is 0.700. The number of allylic oxidation sites excluding steroid dienone is 1. The maximum atomic E-state index is 12.6. The van der Waals surface area contributed by atoms with Gasteiger partial charge in [0.05, 0.1) is 0 Å². The molecule has 12 heavy (non-hydrogen) atoms. The van der Waals surface area contributed by atoms with Gasteiger partial charge < -0.3 is 0 Å². The van der Waals surface area contributed by atoms with E-state index in [1.165, 1.54) is 6.07 Å². The lowest BCUT2D eigenvalue weighted by Crippen LogP contribution is -1.83. The maximum absolute atomic E-state index is 12.6. The van der Waals surface area contributed by atoms with Gasteiger partial charge in [-0.3, -0.25) is 0 Å². The van der Waals surface area contributed by atoms with Crippen molar-refractivity contribution < 1.29 is 8.78 Å². The summed E-state index contributed by atoms with van der Waals surface area (Å²) in [5.74, 6) is -1.63. The normalized spacial score (nSPS) is 10.9. The third-order valence-corrected chi connectivity index (χ3v) is 1.72. The second-order valence-corrected chi connectivity index (χ2v) is 2.88. The fraction of sp³-hybridized carbons (Fsp3) is 0.111. The third-order valence-electron chi connectivity index (χ3n) is 1.34. The first-order valence-corrected chi connectivity index (χ1v) is 4.53. The molecule has 0 heterocycles. The van der Waals surface area contributed by atoms with Gasteiger partial charge in [0.1, 0.15) is 0 Å². The Morgan fingerprint density at radius 3 is 2.58 bits per heavy atom. The van der Waals surface area contributed by atoms with Crippen molar-refractivity contribution in [1.82, 2.24) is 0 Å². The van der Waals surface area contributed by atoms with Crippen LogP contribution in [0.5, 0.6) is 0 Å². The van der Waals surface area contributed by atoms with Crippen LogP contribution in [-0.4, -0.2) is 5.33 Å². The van der Waals surface area contributed by atoms with Crippen LogP contribution in [0.25, 0.3) is 6.08 Å². The van der Waals surface area contributed by atoms with E-state index in [2.05, 4.69) is 15.9 Å². The van der Waals surface area contributed by atoms with E-state index in [-0.39, 0.29) is 0 Å². The molecule has 0 N–H and O–H groups in total. The molecule has 1 aromatic carbocycles. The summed E-state index contributed by atoms with van der Waals surface area (Å²) >= 11 is 3.19. The fourth-order valence-corrected chi connectivity index (χ4v) is 0.984. The average molecular weight is 233 g/mol. The molecule has 0 nitrogen and oxygen atoms in total. The van der Waals surface area contributed by atoms with Gasteiger partial charge in [-0.05, 0) is 17.7 Å². The van der Waals surface area contributed by atoms with Crippen LogP contribution in [0, 0.1) is 11.6 Å². The third kappa shape index (κ3) is 2.41. The Hall–Kier alpha value is -0.700. The van der Waals surface area contributed by atoms with E-state index in [4.69, 9.17) is 0 Å². The van der Waals surface area contributed by atoms with Crippen LogP contribution >= 0.6 is 15.9 Å². The highest BCUT2D eigenvalue weighted by Crippen LogP contribution is 2.09. The van der Waals surface area contributed by atoms with Gasteiger partial charge in [-0.2, -0.15) is 0 Å². The summed E-state index contributed by atoms with van der Waals surface area (Å²) in [5.41, 5.74) is 0.661. The van der Waals surface area contributed by atoms with Crippen molar-refractivity contribution in [2.24, 2.45) is 0 Å². The van der Waals surface area contributed by atoms with Gasteiger partial charge in [-0.15, -0.1) is 0 Å². The van der Waals surface area contributed by atoms with E-state index >= 15 is 0 Å². The molecule has 0 saturated heterocycles. The highest BCUT2D eigenvalue weighted by atomic mass is 79.9. The molecule has 0 aliphatic heterocycles. The van der Waals surface area contributed by atoms with E-state index in [9.17, 15) is 8.78 Å². The summed E-state index contributed by atoms with van der Waals surface area (Å²) in [7, 11) is 0. The Kier molecular flexibility index (Phi) is 3.41. The Balaban J connectivity index is 2.89. The molecule has 1 aromatic rings. The predicted molar refractivity (Wildman–Crippen MR) is 49.2 cm³/mol. The topological polar surface area (TPSA) is 0 Å². The van der Waals surface area contributed by atoms with Crippen LogP contribution < -0.4 is 0 Å². The first kappa shape index (κ1) is 9.39. The van der Waals surface area contributed by atoms with E-state index in [1.54, 1.807) is 6.08 Å². The van der Waals surface area contributed by atoms with Gasteiger partial charge in [0, 0.05) is 5.33 Å². The summed E-state index contributed by atoms with van der Waals surface area (Å²) in [4.78, 5) is 0. The van der Waals surface area contributed by atoms with Gasteiger partial charge in [0.25, 0.3) is 0 Å². The first-order chi connectivity index (χ1) is 5.74. The van der Waals surface area contributed by atoms with Crippen molar-refractivity contribution in [1.29, 1.82) is 0 Å². The molecule has 0 aliphatic rings. The molecule has 0 bridgehead atoms. The molecule has 0 fully saturated rings. The summed E-state index contributed by atoms with van der Waals surface area (Å²) in [6.07, 6.45) is 3.53. The SMILES string of the molecule is Fc1ccc(/C=C/CBr)cc1F. The van der Waals surface area contributed by atoms with Crippen LogP contribution in [0.4, 0.5) is 8.78 Å². The lowest BCUT2D eigenvalue weighted by Gasteiger charge is -1.94. The number of hydrogen-bond donors (Lipinski definition) is 0. The van der Waals surface area contributed by atoms with Gasteiger partial charge in [0.2, 0.25) is 0 Å². The number of alkyl halides is 1. The van der Waals surface area contributed by atoms with Crippen LogP contribution in [0.3, 0.4) is 0 Å². The minimum atomic E-state index is -0.814. The molecule has 1 rings (SSSR count). The number of hydrogen-bond acceptors (Lipinski definition) is 0. The highest BCUT2D eigenvalue weighted by Gasteiger charge is 1.99. The van der Waals surface area contributed by atoms with Crippen LogP contribution in [0.2, 0.25) is 0 Å². The predicted octanol–water partition coefficient (Wildman–Crippen LogP) is 3.37. The Labute approximate surface area is 78.0 Å². The average Bonchev–Trinajstić information content (AvgIpc) is 2.07. The number of rotatable bonds is 2. The molecule has 0 amide bonds. The van der Waals surface area contributed by atoms with Gasteiger partial charge in [-0.1, -0.05) is 34.1 Å². The lowest BCUT2D eigenvalue weighted by molar-refractivity contribution is 0.508. The second kappa shape index (κ2) is 4.36. The minimum absolute atomic E-state index is 0.661. The Morgan fingerprint density at radius 2 is 2.00 bits per heavy atom. The molecule has 0 saturated carbocycles. The fourth-order valence-electron chi connectivity index (χ4n) is 0.797. The molecule has 0 aromatic heterocycles. The summed E-state index contributed by atoms with van der Waals surface area (Å²) < 4.78 is 25.0. The Bertz CT molecular complexity index is 295. The van der Waals surface area contributed by atoms with Crippen LogP contribution in [0.15, 0.2) is 24.3 Å². The standard InChI is InChI=1S/C9H7BrF2/c10-5-1-2-7-3-4-8(11)9(12)6-7/h1-4,6H,5H2/b2-1+. The Morgan fingerprint density at radius 1 is 1.25 bits per heavy atom. The van der Waals surface area contributed by atoms with E-state index in [1.807, 2.05) is 6.08 Å². The molecule has 64 valence electrons. The molecule has 0 radical (unpaired) electrons. The van der Waals surface area contributed by atoms with Crippen molar-refractivity contribution >= 4 is 22.0 Å². The zero-order valence-corrected chi connectivity index (χ0v) is 7.81. The highest BCUT2D eigenvalue weighted by molar-refractivity contribution is 9.09. The van der Waals surface area contributed by atoms with Gasteiger partial charge in [0.15, 0.2) is 11.6 Å². The van der Waals surface area contributed by atoms with Crippen LogP contribution in [-0.2, 0) is 0 Å². The van der Waals surface area contributed by atoms with Crippen molar-refractivity contribution in [2.75, 3.05) is 5.33 Å². The largest absolute Gasteiger partial charge is 0.204 e. The van der Waals surface area contributed by atoms with Crippen molar-refractivity contribution in [3.8, 4) is 0 Å². The zero-order valence-electron chi connectivity index (χ0n) is 6.23. The molecule has 0 aliphatic carbocycles. The van der Waals surface area contributed by atoms with Crippen molar-refractivity contribution in [3.63, 3.8) is 0 Å². The van der Waals surface area contributed by atoms with Crippen molar-refractivity contribution in [3.05, 3.63) is 41.5 Å². The summed E-state index contributed by atoms with van der Waals surface area (Å²) in [6.45, 7) is 0. The summed E-state index contributed by atoms with van der Waals surface area (Å²) in [6, 6.07) is 3.80. The lowest BCUT2D eigenvalue weighted by atomic mass is 10.2.